The van der Waals surface area contributed by atoms with Crippen LogP contribution in [0.2, 0.25) is 5.02 Å². The molecule has 8 nitrogen and oxygen atoms in total. The highest BCUT2D eigenvalue weighted by atomic mass is 35.5. The third-order valence-corrected chi connectivity index (χ3v) is 2.93. The number of anilines is 1. The van der Waals surface area contributed by atoms with Crippen molar-refractivity contribution in [2.75, 3.05) is 5.32 Å². The van der Waals surface area contributed by atoms with E-state index in [4.69, 9.17) is 11.6 Å². The van der Waals surface area contributed by atoms with Gasteiger partial charge in [0.1, 0.15) is 0 Å². The maximum Gasteiger partial charge on any atom is 0.339 e. The molecule has 0 aliphatic rings. The van der Waals surface area contributed by atoms with Gasteiger partial charge < -0.3 is 10.4 Å². The molecule has 0 fully saturated rings. The molecule has 2 aromatic rings. The monoisotopic (exact) mass is 334 g/mol. The number of carbonyl (C=O) groups excluding carboxylic acids is 1. The summed E-state index contributed by atoms with van der Waals surface area (Å²) in [4.78, 5) is 21.6. The quantitative estimate of drug-likeness (QED) is 0.452. The molecule has 0 saturated heterocycles. The first kappa shape index (κ1) is 16.2. The lowest BCUT2D eigenvalue weighted by Crippen LogP contribution is -2.24. The van der Waals surface area contributed by atoms with Crippen molar-refractivity contribution in [1.82, 2.24) is 5.43 Å². The van der Waals surface area contributed by atoms with Crippen molar-refractivity contribution in [1.29, 1.82) is 0 Å². The zero-order valence-electron chi connectivity index (χ0n) is 11.6. The summed E-state index contributed by atoms with van der Waals surface area (Å²) in [7, 11) is 0. The third-order valence-electron chi connectivity index (χ3n) is 2.68. The number of phenolic OH excluding ortho intramolecular Hbond substituents is 1. The van der Waals surface area contributed by atoms with Gasteiger partial charge in [0, 0.05) is 22.3 Å². The van der Waals surface area contributed by atoms with E-state index < -0.39 is 22.4 Å². The number of nitrogens with one attached hydrogen (secondary N) is 2. The molecule has 0 atom stereocenters. The maximum atomic E-state index is 11.6. The molecule has 2 aromatic carbocycles. The summed E-state index contributed by atoms with van der Waals surface area (Å²) in [5, 5.41) is 26.8. The van der Waals surface area contributed by atoms with E-state index >= 15 is 0 Å². The largest absolute Gasteiger partial charge is 0.502 e. The van der Waals surface area contributed by atoms with Crippen LogP contribution in [0.1, 0.15) is 5.56 Å². The van der Waals surface area contributed by atoms with Crippen molar-refractivity contribution < 1.29 is 14.8 Å². The van der Waals surface area contributed by atoms with Gasteiger partial charge in [-0.15, -0.1) is 0 Å². The van der Waals surface area contributed by atoms with E-state index in [0.29, 0.717) is 16.3 Å². The molecule has 0 saturated carbocycles. The Morgan fingerprint density at radius 1 is 1.26 bits per heavy atom. The van der Waals surface area contributed by atoms with Crippen LogP contribution in [0, 0.1) is 10.1 Å². The van der Waals surface area contributed by atoms with Crippen LogP contribution in [0.5, 0.6) is 5.75 Å². The number of halogens is 1. The van der Waals surface area contributed by atoms with Crippen LogP contribution in [0.15, 0.2) is 47.6 Å². The van der Waals surface area contributed by atoms with Crippen LogP contribution >= 0.6 is 11.6 Å². The molecule has 0 aromatic heterocycles. The number of hydrogen-bond acceptors (Lipinski definition) is 5. The van der Waals surface area contributed by atoms with E-state index in [1.165, 1.54) is 18.3 Å². The Hall–Kier alpha value is -3.13. The standard InChI is InChI=1S/C14H11ClN4O4/c15-10-2-4-11(5-3-10)17-14(21)18-16-8-9-1-6-13(20)12(7-9)19(22)23/h1-8,20H,(H2,17,18,21)/b16-8+. The van der Waals surface area contributed by atoms with Crippen LogP contribution in [-0.4, -0.2) is 22.3 Å². The first-order valence-electron chi connectivity index (χ1n) is 6.29. The van der Waals surface area contributed by atoms with Gasteiger partial charge in [-0.2, -0.15) is 5.10 Å². The molecule has 0 aliphatic carbocycles. The van der Waals surface area contributed by atoms with Gasteiger partial charge in [0.25, 0.3) is 0 Å². The van der Waals surface area contributed by atoms with Crippen molar-refractivity contribution in [3.8, 4) is 5.75 Å². The minimum Gasteiger partial charge on any atom is -0.502 e. The second kappa shape index (κ2) is 7.23. The fraction of sp³-hybridized carbons (Fsp3) is 0. The number of nitrogens with zero attached hydrogens (tertiary/aromatic N) is 2. The van der Waals surface area contributed by atoms with Gasteiger partial charge in [0.05, 0.1) is 11.1 Å². The number of urea groups is 1. The second-order valence-corrected chi connectivity index (χ2v) is 4.77. The van der Waals surface area contributed by atoms with Crippen molar-refractivity contribution in [2.45, 2.75) is 0 Å². The molecule has 118 valence electrons. The zero-order chi connectivity index (χ0) is 16.8. The predicted molar refractivity (Wildman–Crippen MR) is 86.0 cm³/mol. The molecule has 0 bridgehead atoms. The lowest BCUT2D eigenvalue weighted by molar-refractivity contribution is -0.385. The highest BCUT2D eigenvalue weighted by Crippen LogP contribution is 2.25. The highest BCUT2D eigenvalue weighted by molar-refractivity contribution is 6.30. The predicted octanol–water partition coefficient (Wildman–Crippen LogP) is 3.11. The van der Waals surface area contributed by atoms with Gasteiger partial charge in [-0.1, -0.05) is 11.6 Å². The first-order chi connectivity index (χ1) is 11.0. The number of aromatic hydroxyl groups is 1. The molecular formula is C14H11ClN4O4. The molecule has 0 unspecified atom stereocenters. The summed E-state index contributed by atoms with van der Waals surface area (Å²) in [6.07, 6.45) is 1.22. The van der Waals surface area contributed by atoms with Crippen LogP contribution in [0.4, 0.5) is 16.2 Å². The molecule has 0 aliphatic heterocycles. The average Bonchev–Trinajstić information content (AvgIpc) is 2.51. The van der Waals surface area contributed by atoms with E-state index in [0.717, 1.165) is 6.07 Å². The Morgan fingerprint density at radius 2 is 1.96 bits per heavy atom. The molecule has 0 spiro atoms. The number of nitro groups is 1. The van der Waals surface area contributed by atoms with E-state index in [2.05, 4.69) is 15.8 Å². The number of hydrazone groups is 1. The normalized spacial score (nSPS) is 10.5. The van der Waals surface area contributed by atoms with Gasteiger partial charge in [-0.25, -0.2) is 10.2 Å². The molecule has 3 N–H and O–H groups in total. The minimum atomic E-state index is -0.715. The van der Waals surface area contributed by atoms with Gasteiger partial charge in [0.2, 0.25) is 0 Å². The van der Waals surface area contributed by atoms with Gasteiger partial charge >= 0.3 is 11.7 Å². The fourth-order valence-corrected chi connectivity index (χ4v) is 1.75. The molecule has 2 amide bonds. The summed E-state index contributed by atoms with van der Waals surface area (Å²) in [5.41, 5.74) is 2.65. The minimum absolute atomic E-state index is 0.348. The third kappa shape index (κ3) is 4.68. The lowest BCUT2D eigenvalue weighted by Gasteiger charge is -2.03. The van der Waals surface area contributed by atoms with E-state index in [9.17, 15) is 20.0 Å². The number of nitro benzene ring substituents is 1. The zero-order valence-corrected chi connectivity index (χ0v) is 12.3. The lowest BCUT2D eigenvalue weighted by atomic mass is 10.2. The van der Waals surface area contributed by atoms with Crippen LogP contribution in [-0.2, 0) is 0 Å². The first-order valence-corrected chi connectivity index (χ1v) is 6.66. The Balaban J connectivity index is 1.96. The van der Waals surface area contributed by atoms with E-state index in [1.54, 1.807) is 24.3 Å². The van der Waals surface area contributed by atoms with E-state index in [-0.39, 0.29) is 0 Å². The summed E-state index contributed by atoms with van der Waals surface area (Å²) in [6, 6.07) is 9.63. The smallest absolute Gasteiger partial charge is 0.339 e. The number of hydrogen-bond donors (Lipinski definition) is 3. The molecule has 0 radical (unpaired) electrons. The summed E-state index contributed by atoms with van der Waals surface area (Å²) < 4.78 is 0. The van der Waals surface area contributed by atoms with E-state index in [1.807, 2.05) is 0 Å². The number of amides is 2. The maximum absolute atomic E-state index is 11.6. The number of phenols is 1. The second-order valence-electron chi connectivity index (χ2n) is 4.34. The number of carbonyl (C=O) groups is 1. The number of rotatable bonds is 4. The topological polar surface area (TPSA) is 117 Å². The van der Waals surface area contributed by atoms with Gasteiger partial charge in [-0.3, -0.25) is 10.1 Å². The van der Waals surface area contributed by atoms with Gasteiger partial charge in [0.15, 0.2) is 5.75 Å². The van der Waals surface area contributed by atoms with Crippen LogP contribution in [0.25, 0.3) is 0 Å². The highest BCUT2D eigenvalue weighted by Gasteiger charge is 2.12. The average molecular weight is 335 g/mol. The van der Waals surface area contributed by atoms with Crippen molar-refractivity contribution >= 4 is 35.2 Å². The van der Waals surface area contributed by atoms with Crippen LogP contribution < -0.4 is 10.7 Å². The van der Waals surface area contributed by atoms with Crippen LogP contribution in [0.3, 0.4) is 0 Å². The summed E-state index contributed by atoms with van der Waals surface area (Å²) >= 11 is 5.73. The van der Waals surface area contributed by atoms with Crippen molar-refractivity contribution in [3.05, 3.63) is 63.2 Å². The molecular weight excluding hydrogens is 324 g/mol. The number of benzene rings is 2. The molecule has 2 rings (SSSR count). The summed E-state index contributed by atoms with van der Waals surface area (Å²) in [5.74, 6) is -0.444. The molecule has 0 heterocycles. The fourth-order valence-electron chi connectivity index (χ4n) is 1.62. The van der Waals surface area contributed by atoms with Gasteiger partial charge in [-0.05, 0) is 36.4 Å². The SMILES string of the molecule is O=C(N/N=C/c1ccc(O)c([N+](=O)[O-])c1)Nc1ccc(Cl)cc1. The Morgan fingerprint density at radius 3 is 2.61 bits per heavy atom. The molecule has 23 heavy (non-hydrogen) atoms. The van der Waals surface area contributed by atoms with Crippen molar-refractivity contribution in [3.63, 3.8) is 0 Å². The Kier molecular flexibility index (Phi) is 5.11. The van der Waals surface area contributed by atoms with Crippen molar-refractivity contribution in [2.24, 2.45) is 5.10 Å². The Bertz CT molecular complexity index is 762. The molecule has 9 heteroatoms. The Labute approximate surface area is 135 Å². The summed E-state index contributed by atoms with van der Waals surface area (Å²) in [6.45, 7) is 0.